The Morgan fingerprint density at radius 3 is 1.68 bits per heavy atom. The predicted octanol–water partition coefficient (Wildman–Crippen LogP) is 7.17. The van der Waals surface area contributed by atoms with Crippen molar-refractivity contribution < 1.29 is 53.1 Å². The van der Waals surface area contributed by atoms with Crippen LogP contribution in [-0.2, 0) is 20.7 Å². The maximum absolute atomic E-state index is 13.9. The number of carboxylic acids is 1. The molecule has 4 rings (SSSR count). The molecule has 1 atom stereocenters. The minimum atomic E-state index is -2.33. The van der Waals surface area contributed by atoms with Crippen molar-refractivity contribution in [2.45, 2.75) is 95.1 Å². The van der Waals surface area contributed by atoms with E-state index in [1.165, 1.54) is 14.0 Å². The second-order valence-corrected chi connectivity index (χ2v) is 13.6. The van der Waals surface area contributed by atoms with Crippen LogP contribution in [0.3, 0.4) is 0 Å². The van der Waals surface area contributed by atoms with Crippen LogP contribution in [0.5, 0.6) is 17.2 Å². The molecule has 11 heteroatoms. The van der Waals surface area contributed by atoms with E-state index in [4.69, 9.17) is 18.9 Å². The molecule has 3 aromatic carbocycles. The van der Waals surface area contributed by atoms with Crippen molar-refractivity contribution in [1.82, 2.24) is 0 Å². The molecule has 0 unspecified atom stereocenters. The van der Waals surface area contributed by atoms with Crippen LogP contribution in [0.2, 0.25) is 0 Å². The van der Waals surface area contributed by atoms with Gasteiger partial charge in [-0.3, -0.25) is 4.79 Å². The smallest absolute Gasteiger partial charge is 0.356 e. The third-order valence-corrected chi connectivity index (χ3v) is 10.6. The SMILES string of the molecule is CCc1c(C)c(C(=O)O)c(C)c(C)c1OC(=O)c1c(C)cc(OC(=O)c2c(C)c(C)c(OC(=O)[C@@]3(O)C(C)=CC(=O)C=C3OC)c(C)c2C)c(C)c1C. The Morgan fingerprint density at radius 1 is 0.642 bits per heavy atom. The number of carbonyl (C=O) groups is 5. The lowest BCUT2D eigenvalue weighted by atomic mass is 9.87. The van der Waals surface area contributed by atoms with E-state index in [9.17, 15) is 34.2 Å². The molecule has 11 nitrogen and oxygen atoms in total. The minimum Gasteiger partial charge on any atom is -0.497 e. The van der Waals surface area contributed by atoms with Crippen LogP contribution in [0.4, 0.5) is 0 Å². The number of hydrogen-bond donors (Lipinski definition) is 2. The number of allylic oxidation sites excluding steroid dienone is 2. The maximum atomic E-state index is 13.9. The first kappa shape index (κ1) is 40.2. The van der Waals surface area contributed by atoms with Crippen LogP contribution >= 0.6 is 0 Å². The number of ketones is 1. The number of carboxylic acid groups (broad SMARTS) is 1. The lowest BCUT2D eigenvalue weighted by molar-refractivity contribution is -0.151. The van der Waals surface area contributed by atoms with E-state index in [-0.39, 0.29) is 34.0 Å². The first-order valence-corrected chi connectivity index (χ1v) is 17.1. The monoisotopic (exact) mass is 726 g/mol. The van der Waals surface area contributed by atoms with E-state index in [0.717, 1.165) is 12.2 Å². The summed E-state index contributed by atoms with van der Waals surface area (Å²) in [6.45, 7) is 20.3. The van der Waals surface area contributed by atoms with Crippen molar-refractivity contribution in [2.75, 3.05) is 7.11 Å². The Kier molecular flexibility index (Phi) is 11.3. The summed E-state index contributed by atoms with van der Waals surface area (Å²) >= 11 is 0. The molecule has 280 valence electrons. The van der Waals surface area contributed by atoms with Gasteiger partial charge in [0.25, 0.3) is 0 Å². The van der Waals surface area contributed by atoms with E-state index in [1.807, 2.05) is 6.92 Å². The van der Waals surface area contributed by atoms with E-state index < -0.39 is 35.3 Å². The lowest BCUT2D eigenvalue weighted by Gasteiger charge is -2.31. The Labute approximate surface area is 309 Å². The van der Waals surface area contributed by atoms with Gasteiger partial charge >= 0.3 is 23.9 Å². The quantitative estimate of drug-likeness (QED) is 0.170. The average molecular weight is 727 g/mol. The van der Waals surface area contributed by atoms with Gasteiger partial charge in [0.2, 0.25) is 5.60 Å². The van der Waals surface area contributed by atoms with Gasteiger partial charge in [-0.15, -0.1) is 0 Å². The largest absolute Gasteiger partial charge is 0.497 e. The number of hydrogen-bond acceptors (Lipinski definition) is 10. The molecule has 0 bridgehead atoms. The zero-order valence-corrected chi connectivity index (χ0v) is 32.5. The van der Waals surface area contributed by atoms with E-state index in [2.05, 4.69) is 0 Å². The first-order valence-electron chi connectivity index (χ1n) is 17.1. The second-order valence-electron chi connectivity index (χ2n) is 13.6. The molecular formula is C42H46O11. The Hall–Kier alpha value is -5.55. The summed E-state index contributed by atoms with van der Waals surface area (Å²) in [5.74, 6) is -3.39. The molecule has 0 heterocycles. The average Bonchev–Trinajstić information content (AvgIpc) is 3.08. The van der Waals surface area contributed by atoms with Gasteiger partial charge in [-0.2, -0.15) is 0 Å². The third kappa shape index (κ3) is 6.77. The number of ether oxygens (including phenoxy) is 4. The van der Waals surface area contributed by atoms with Crippen LogP contribution in [-0.4, -0.2) is 52.6 Å². The van der Waals surface area contributed by atoms with Gasteiger partial charge in [-0.05, 0) is 161 Å². The van der Waals surface area contributed by atoms with Gasteiger partial charge in [0, 0.05) is 6.08 Å². The van der Waals surface area contributed by atoms with Crippen molar-refractivity contribution >= 4 is 29.7 Å². The van der Waals surface area contributed by atoms with Crippen molar-refractivity contribution in [3.05, 3.63) is 107 Å². The highest BCUT2D eigenvalue weighted by Gasteiger charge is 2.48. The molecule has 1 aliphatic rings. The van der Waals surface area contributed by atoms with E-state index in [1.54, 1.807) is 75.3 Å². The molecule has 0 radical (unpaired) electrons. The molecule has 0 saturated heterocycles. The molecular weight excluding hydrogens is 680 g/mol. The number of aromatic carboxylic acids is 1. The zero-order chi connectivity index (χ0) is 40.0. The number of aryl methyl sites for hydroxylation is 1. The number of carbonyl (C=O) groups excluding carboxylic acids is 4. The predicted molar refractivity (Wildman–Crippen MR) is 197 cm³/mol. The molecule has 1 aliphatic carbocycles. The van der Waals surface area contributed by atoms with Gasteiger partial charge in [-0.1, -0.05) is 6.92 Å². The molecule has 0 spiro atoms. The number of benzene rings is 3. The van der Waals surface area contributed by atoms with Gasteiger partial charge < -0.3 is 29.2 Å². The highest BCUT2D eigenvalue weighted by Crippen LogP contribution is 2.39. The normalized spacial score (nSPS) is 15.4. The van der Waals surface area contributed by atoms with Gasteiger partial charge in [-0.25, -0.2) is 19.2 Å². The lowest BCUT2D eigenvalue weighted by Crippen LogP contribution is -2.47. The summed E-state index contributed by atoms with van der Waals surface area (Å²) in [5, 5.41) is 21.2. The topological polar surface area (TPSA) is 163 Å². The summed E-state index contributed by atoms with van der Waals surface area (Å²) in [6.07, 6.45) is 2.61. The van der Waals surface area contributed by atoms with E-state index >= 15 is 0 Å². The second kappa shape index (κ2) is 14.8. The summed E-state index contributed by atoms with van der Waals surface area (Å²) in [7, 11) is 1.24. The number of rotatable bonds is 9. The fourth-order valence-corrected chi connectivity index (χ4v) is 6.99. The number of esters is 3. The van der Waals surface area contributed by atoms with Gasteiger partial charge in [0.1, 0.15) is 23.0 Å². The van der Waals surface area contributed by atoms with Crippen molar-refractivity contribution in [1.29, 1.82) is 0 Å². The molecule has 0 aromatic heterocycles. The van der Waals surface area contributed by atoms with Gasteiger partial charge in [0.15, 0.2) is 5.78 Å². The fraction of sp³-hybridized carbons (Fsp3) is 0.357. The number of methoxy groups -OCH3 is 1. The van der Waals surface area contributed by atoms with E-state index in [0.29, 0.717) is 78.9 Å². The van der Waals surface area contributed by atoms with Crippen molar-refractivity contribution in [3.8, 4) is 17.2 Å². The summed E-state index contributed by atoms with van der Waals surface area (Å²) in [4.78, 5) is 65.1. The Balaban J connectivity index is 1.67. The van der Waals surface area contributed by atoms with Gasteiger partial charge in [0.05, 0.1) is 23.8 Å². The molecule has 0 fully saturated rings. The molecule has 53 heavy (non-hydrogen) atoms. The maximum Gasteiger partial charge on any atom is 0.356 e. The van der Waals surface area contributed by atoms with Crippen LogP contribution in [0.1, 0.15) is 106 Å². The molecule has 3 aromatic rings. The van der Waals surface area contributed by atoms with Crippen molar-refractivity contribution in [2.24, 2.45) is 0 Å². The number of aliphatic hydroxyl groups is 1. The molecule has 0 aliphatic heterocycles. The van der Waals surface area contributed by atoms with Crippen molar-refractivity contribution in [3.63, 3.8) is 0 Å². The Bertz CT molecular complexity index is 2170. The summed E-state index contributed by atoms with van der Waals surface area (Å²) < 4.78 is 22.9. The highest BCUT2D eigenvalue weighted by atomic mass is 16.6. The molecule has 0 saturated carbocycles. The summed E-state index contributed by atoms with van der Waals surface area (Å²) in [6, 6.07) is 1.60. The van der Waals surface area contributed by atoms with Crippen LogP contribution < -0.4 is 14.2 Å². The highest BCUT2D eigenvalue weighted by molar-refractivity contribution is 6.06. The van der Waals surface area contributed by atoms with Crippen LogP contribution in [0.15, 0.2) is 29.6 Å². The zero-order valence-electron chi connectivity index (χ0n) is 32.5. The minimum absolute atomic E-state index is 0.0384. The molecule has 2 N–H and O–H groups in total. The van der Waals surface area contributed by atoms with Crippen LogP contribution in [0, 0.1) is 69.2 Å². The third-order valence-electron chi connectivity index (χ3n) is 10.6. The fourth-order valence-electron chi connectivity index (χ4n) is 6.99. The first-order chi connectivity index (χ1) is 24.6. The summed E-state index contributed by atoms with van der Waals surface area (Å²) in [5.41, 5.74) is 4.20. The Morgan fingerprint density at radius 2 is 1.15 bits per heavy atom. The molecule has 0 amide bonds. The standard InChI is InChI=1S/C42H46O11/c1-14-30-28(12)34(38(44)45)22(6)27(11)37(30)52-39(46)33-18(2)15-31(20(4)21(33)5)51-40(47)35-23(7)25(9)36(26(10)24(35)8)53-41(48)42(49)19(3)16-29(43)17-32(42)50-13/h15-17,49H,14H2,1-13H3,(H,44,45)/t42-/m1/s1. The van der Waals surface area contributed by atoms with Crippen LogP contribution in [0.25, 0.3) is 0 Å².